The molecule has 0 radical (unpaired) electrons. The molecule has 180 valence electrons. The normalized spacial score (nSPS) is 31.8. The Hall–Kier alpha value is -2.06. The summed E-state index contributed by atoms with van der Waals surface area (Å²) in [5.74, 6) is 1.65. The van der Waals surface area contributed by atoms with E-state index in [0.717, 1.165) is 30.4 Å². The highest BCUT2D eigenvalue weighted by atomic mass is 32.2. The molecule has 3 fully saturated rings. The lowest BCUT2D eigenvalue weighted by Crippen LogP contribution is -2.53. The van der Waals surface area contributed by atoms with Crippen LogP contribution in [0.3, 0.4) is 0 Å². The van der Waals surface area contributed by atoms with Crippen LogP contribution in [0, 0.1) is 16.7 Å². The van der Waals surface area contributed by atoms with Crippen molar-refractivity contribution in [2.45, 2.75) is 52.2 Å². The molecular formula is C25H35N2O5S+. The number of ether oxygens (including phenoxy) is 2. The Morgan fingerprint density at radius 3 is 2.33 bits per heavy atom. The van der Waals surface area contributed by atoms with Crippen molar-refractivity contribution in [2.75, 3.05) is 33.1 Å². The number of carbonyl (C=O) groups excluding carboxylic acids is 1. The molecule has 1 amide bonds. The third-order valence-electron chi connectivity index (χ3n) is 9.36. The van der Waals surface area contributed by atoms with Gasteiger partial charge in [-0.3, -0.25) is 4.79 Å². The first-order valence-corrected chi connectivity index (χ1v) is 13.4. The van der Waals surface area contributed by atoms with Crippen molar-refractivity contribution in [2.24, 2.45) is 16.7 Å². The van der Waals surface area contributed by atoms with Gasteiger partial charge in [-0.2, -0.15) is 0 Å². The van der Waals surface area contributed by atoms with E-state index in [1.807, 2.05) is 18.2 Å². The molecule has 4 aliphatic rings. The molecule has 1 aromatic carbocycles. The summed E-state index contributed by atoms with van der Waals surface area (Å²) in [6.45, 7) is 10.3. The lowest BCUT2D eigenvalue weighted by atomic mass is 9.69. The Morgan fingerprint density at radius 1 is 1.21 bits per heavy atom. The molecule has 3 atom stereocenters. The number of nitrogens with zero attached hydrogens (tertiary/aromatic N) is 2. The van der Waals surface area contributed by atoms with Gasteiger partial charge in [-0.25, -0.2) is 12.7 Å². The molecule has 5 rings (SSSR count). The quantitative estimate of drug-likeness (QED) is 0.467. The molecule has 1 aromatic rings. The standard InChI is InChI=1S/C25H35N2O5S/c1-6-9-27(13-17-10-20(31-4)21(32-5)11-18(17)14-27)15-23(28)26-22-12-19-7-8-25(22,24(19,2)3)16-33(26,29)30/h6,10-11,19,22H,1,7-9,12-16H2,2-5H3/q+1. The predicted molar refractivity (Wildman–Crippen MR) is 125 cm³/mol. The van der Waals surface area contributed by atoms with Gasteiger partial charge in [-0.05, 0) is 48.8 Å². The number of methoxy groups -OCH3 is 2. The van der Waals surface area contributed by atoms with Crippen LogP contribution in [-0.2, 0) is 27.9 Å². The minimum Gasteiger partial charge on any atom is -0.493 e. The highest BCUT2D eigenvalue weighted by molar-refractivity contribution is 7.90. The second-order valence-corrected chi connectivity index (χ2v) is 12.9. The van der Waals surface area contributed by atoms with Gasteiger partial charge in [0.1, 0.15) is 13.1 Å². The van der Waals surface area contributed by atoms with E-state index < -0.39 is 10.0 Å². The molecule has 1 spiro atoms. The molecule has 8 heteroatoms. The maximum absolute atomic E-state index is 13.8. The number of rotatable bonds is 6. The summed E-state index contributed by atoms with van der Waals surface area (Å²) in [6.07, 6.45) is 4.59. The van der Waals surface area contributed by atoms with E-state index in [1.165, 1.54) is 4.31 Å². The first-order chi connectivity index (χ1) is 15.5. The second kappa shape index (κ2) is 7.22. The van der Waals surface area contributed by atoms with Gasteiger partial charge in [-0.1, -0.05) is 20.4 Å². The van der Waals surface area contributed by atoms with Crippen molar-refractivity contribution in [3.05, 3.63) is 35.9 Å². The van der Waals surface area contributed by atoms with Crippen LogP contribution < -0.4 is 9.47 Å². The molecular weight excluding hydrogens is 440 g/mol. The highest BCUT2D eigenvalue weighted by Crippen LogP contribution is 2.70. The van der Waals surface area contributed by atoms with Crippen molar-refractivity contribution in [1.29, 1.82) is 0 Å². The average molecular weight is 476 g/mol. The maximum Gasteiger partial charge on any atom is 0.291 e. The van der Waals surface area contributed by atoms with Crippen molar-refractivity contribution in [3.8, 4) is 11.5 Å². The maximum atomic E-state index is 13.8. The lowest BCUT2D eigenvalue weighted by molar-refractivity contribution is -0.934. The SMILES string of the molecule is C=CC[N+]1(CC(=O)N2C3CC4CCC3(CS2(=O)=O)C4(C)C)Cc2cc(OC)c(OC)cc2C1. The fraction of sp³-hybridized carbons (Fsp3) is 0.640. The monoisotopic (exact) mass is 475 g/mol. The van der Waals surface area contributed by atoms with Crippen LogP contribution in [-0.4, -0.2) is 62.2 Å². The van der Waals surface area contributed by atoms with E-state index in [0.29, 0.717) is 41.5 Å². The number of sulfonamides is 1. The van der Waals surface area contributed by atoms with E-state index >= 15 is 0 Å². The van der Waals surface area contributed by atoms with Gasteiger partial charge >= 0.3 is 0 Å². The van der Waals surface area contributed by atoms with E-state index in [1.54, 1.807) is 14.2 Å². The molecule has 3 unspecified atom stereocenters. The van der Waals surface area contributed by atoms with Crippen LogP contribution in [0.15, 0.2) is 24.8 Å². The summed E-state index contributed by atoms with van der Waals surface area (Å²) in [5.41, 5.74) is 1.85. The zero-order valence-electron chi connectivity index (χ0n) is 20.1. The second-order valence-electron chi connectivity index (χ2n) is 11.1. The van der Waals surface area contributed by atoms with Gasteiger partial charge in [0.25, 0.3) is 5.91 Å². The van der Waals surface area contributed by atoms with Gasteiger partial charge in [0.15, 0.2) is 18.0 Å². The minimum atomic E-state index is -3.62. The summed E-state index contributed by atoms with van der Waals surface area (Å²) in [7, 11) is -0.403. The molecule has 2 heterocycles. The zero-order valence-corrected chi connectivity index (χ0v) is 20.9. The predicted octanol–water partition coefficient (Wildman–Crippen LogP) is 3.09. The van der Waals surface area contributed by atoms with E-state index in [2.05, 4.69) is 20.4 Å². The molecule has 2 aliphatic carbocycles. The first-order valence-electron chi connectivity index (χ1n) is 11.8. The zero-order chi connectivity index (χ0) is 23.8. The summed E-state index contributed by atoms with van der Waals surface area (Å²) in [6, 6.07) is 3.75. The number of hydrogen-bond acceptors (Lipinski definition) is 5. The lowest BCUT2D eigenvalue weighted by Gasteiger charge is -2.38. The Bertz CT molecular complexity index is 1090. The van der Waals surface area contributed by atoms with Crippen molar-refractivity contribution >= 4 is 15.9 Å². The Morgan fingerprint density at radius 2 is 1.82 bits per heavy atom. The molecule has 2 saturated carbocycles. The summed E-state index contributed by atoms with van der Waals surface area (Å²) in [4.78, 5) is 13.8. The number of amides is 1. The largest absolute Gasteiger partial charge is 0.493 e. The van der Waals surface area contributed by atoms with Gasteiger partial charge < -0.3 is 14.0 Å². The van der Waals surface area contributed by atoms with Crippen molar-refractivity contribution < 1.29 is 27.2 Å². The molecule has 2 aliphatic heterocycles. The van der Waals surface area contributed by atoms with E-state index in [-0.39, 0.29) is 35.1 Å². The van der Waals surface area contributed by atoms with Crippen LogP contribution in [0.2, 0.25) is 0 Å². The van der Waals surface area contributed by atoms with Crippen molar-refractivity contribution in [3.63, 3.8) is 0 Å². The van der Waals surface area contributed by atoms with Gasteiger partial charge in [0.2, 0.25) is 10.0 Å². The van der Waals surface area contributed by atoms with Gasteiger partial charge in [0, 0.05) is 16.5 Å². The smallest absolute Gasteiger partial charge is 0.291 e. The molecule has 33 heavy (non-hydrogen) atoms. The van der Waals surface area contributed by atoms with Crippen LogP contribution in [0.4, 0.5) is 0 Å². The Balaban J connectivity index is 1.45. The topological polar surface area (TPSA) is 72.9 Å². The number of quaternary nitrogens is 1. The molecule has 0 N–H and O–H groups in total. The van der Waals surface area contributed by atoms with Crippen LogP contribution in [0.1, 0.15) is 44.2 Å². The number of fused-ring (bicyclic) bond motifs is 2. The Labute approximate surface area is 197 Å². The summed E-state index contributed by atoms with van der Waals surface area (Å²) >= 11 is 0. The number of benzene rings is 1. The van der Waals surface area contributed by atoms with Crippen LogP contribution in [0.25, 0.3) is 0 Å². The van der Waals surface area contributed by atoms with Gasteiger partial charge in [0.05, 0.1) is 32.6 Å². The highest BCUT2D eigenvalue weighted by Gasteiger charge is 2.72. The summed E-state index contributed by atoms with van der Waals surface area (Å²) < 4.78 is 39.4. The van der Waals surface area contributed by atoms with Crippen molar-refractivity contribution in [1.82, 2.24) is 4.31 Å². The van der Waals surface area contributed by atoms with Crippen LogP contribution in [0.5, 0.6) is 11.5 Å². The fourth-order valence-electron chi connectivity index (χ4n) is 7.59. The minimum absolute atomic E-state index is 0.0515. The molecule has 2 bridgehead atoms. The van der Waals surface area contributed by atoms with E-state index in [4.69, 9.17) is 9.47 Å². The third kappa shape index (κ3) is 3.02. The molecule has 0 aromatic heterocycles. The summed E-state index contributed by atoms with van der Waals surface area (Å²) in [5, 5.41) is 0. The van der Waals surface area contributed by atoms with Gasteiger partial charge in [-0.15, -0.1) is 0 Å². The van der Waals surface area contributed by atoms with E-state index in [9.17, 15) is 13.2 Å². The average Bonchev–Trinajstić information content (AvgIpc) is 3.35. The third-order valence-corrected chi connectivity index (χ3v) is 11.3. The fourth-order valence-corrected chi connectivity index (χ4v) is 10.1. The first kappa shape index (κ1) is 22.7. The Kier molecular flexibility index (Phi) is 4.97. The van der Waals surface area contributed by atoms with Crippen LogP contribution >= 0.6 is 0 Å². The molecule has 1 saturated heterocycles. The number of hydrogen-bond donors (Lipinski definition) is 0. The molecule has 7 nitrogen and oxygen atoms in total. The number of carbonyl (C=O) groups is 1.